The lowest BCUT2D eigenvalue weighted by Gasteiger charge is -2.42. The average molecular weight is 622 g/mol. The molecule has 2 rings (SSSR count). The molecule has 0 spiro atoms. The molecule has 39 heavy (non-hydrogen) atoms. The Kier molecular flexibility index (Phi) is 7.77. The van der Waals surface area contributed by atoms with Crippen molar-refractivity contribution in [2.24, 2.45) is 0 Å². The van der Waals surface area contributed by atoms with E-state index in [9.17, 15) is 78.7 Å². The second kappa shape index (κ2) is 9.27. The van der Waals surface area contributed by atoms with E-state index in [0.29, 0.717) is 30.3 Å². The van der Waals surface area contributed by atoms with Crippen LogP contribution in [-0.2, 0) is 16.5 Å². The number of hydrogen-bond acceptors (Lipinski definition) is 2. The van der Waals surface area contributed by atoms with Gasteiger partial charge in [-0.3, -0.25) is 4.55 Å². The number of benzene rings is 2. The molecule has 0 unspecified atom stereocenters. The molecule has 0 radical (unpaired) electrons. The number of rotatable bonds is 10. The normalized spacial score (nSPS) is 15.3. The van der Waals surface area contributed by atoms with Gasteiger partial charge in [-0.15, -0.1) is 0 Å². The maximum Gasteiger partial charge on any atom is 0.384 e. The van der Waals surface area contributed by atoms with Crippen LogP contribution in [0.25, 0.3) is 10.8 Å². The van der Waals surface area contributed by atoms with Crippen molar-refractivity contribution >= 4 is 20.9 Å². The zero-order valence-electron chi connectivity index (χ0n) is 18.0. The summed E-state index contributed by atoms with van der Waals surface area (Å²) in [4.78, 5) is -1.05. The van der Waals surface area contributed by atoms with E-state index in [-0.39, 0.29) is 0 Å². The quantitative estimate of drug-likeness (QED) is 0.223. The molecule has 0 heterocycles. The zero-order valence-corrected chi connectivity index (χ0v) is 18.8. The zero-order chi connectivity index (χ0) is 30.8. The van der Waals surface area contributed by atoms with E-state index >= 15 is 0 Å². The van der Waals surface area contributed by atoms with Crippen LogP contribution in [-0.4, -0.2) is 60.9 Å². The van der Waals surface area contributed by atoms with Gasteiger partial charge in [0, 0.05) is 11.8 Å². The van der Waals surface area contributed by atoms with Gasteiger partial charge >= 0.3 is 47.9 Å². The molecule has 0 atom stereocenters. The van der Waals surface area contributed by atoms with E-state index < -0.39 is 85.7 Å². The van der Waals surface area contributed by atoms with E-state index in [1.165, 1.54) is 0 Å². The van der Waals surface area contributed by atoms with Crippen molar-refractivity contribution in [1.29, 1.82) is 0 Å². The minimum absolute atomic E-state index is 0.405. The van der Waals surface area contributed by atoms with Gasteiger partial charge in [-0.2, -0.15) is 69.9 Å². The van der Waals surface area contributed by atoms with Gasteiger partial charge in [-0.25, -0.2) is 8.78 Å². The first-order valence-electron chi connectivity index (χ1n) is 9.54. The van der Waals surface area contributed by atoms with Gasteiger partial charge in [-0.05, 0) is 17.0 Å². The van der Waals surface area contributed by atoms with E-state index in [0.717, 1.165) is 6.07 Å². The Hall–Kier alpha value is -2.51. The second-order valence-corrected chi connectivity index (χ2v) is 9.31. The highest BCUT2D eigenvalue weighted by molar-refractivity contribution is 7.86. The third-order valence-corrected chi connectivity index (χ3v) is 6.30. The molecular formula is C19H10F16O3S. The predicted octanol–water partition coefficient (Wildman–Crippen LogP) is 7.34. The van der Waals surface area contributed by atoms with Crippen molar-refractivity contribution in [2.75, 3.05) is 0 Å². The summed E-state index contributed by atoms with van der Waals surface area (Å²) in [6, 6.07) is 3.84. The van der Waals surface area contributed by atoms with Crippen LogP contribution in [0.5, 0.6) is 0 Å². The molecule has 0 saturated carbocycles. The van der Waals surface area contributed by atoms with Crippen LogP contribution in [0.15, 0.2) is 41.3 Å². The summed E-state index contributed by atoms with van der Waals surface area (Å²) in [6.45, 7) is 0. The van der Waals surface area contributed by atoms with Crippen LogP contribution >= 0.6 is 0 Å². The SMILES string of the molecule is O=S(=O)(O)c1cccc2c(CC(F)(F)C(F)(F)C(F)(F)C(F)(F)C(F)(F)C(F)(F)C(F)(F)C(F)F)cccc12. The summed E-state index contributed by atoms with van der Waals surface area (Å²) >= 11 is 0. The lowest BCUT2D eigenvalue weighted by atomic mass is 9.87. The third kappa shape index (κ3) is 4.65. The van der Waals surface area contributed by atoms with Crippen molar-refractivity contribution < 1.29 is 83.2 Å². The number of hydrogen-bond donors (Lipinski definition) is 1. The van der Waals surface area contributed by atoms with E-state index in [1.807, 2.05) is 0 Å². The standard InChI is InChI=1S/C19H10F16O3S/c20-12(21)14(24,25)16(28,29)18(32,33)19(34,35)17(30,31)15(26,27)13(22,23)7-8-3-1-5-10-9(8)4-2-6-11(10)39(36,37)38/h1-6,12H,7H2,(H,36,37,38). The molecule has 2 aromatic rings. The first-order chi connectivity index (χ1) is 17.1. The van der Waals surface area contributed by atoms with Crippen LogP contribution in [0.4, 0.5) is 70.2 Å². The molecule has 0 aliphatic heterocycles. The molecule has 0 fully saturated rings. The summed E-state index contributed by atoms with van der Waals surface area (Å²) in [5.41, 5.74) is -1.26. The van der Waals surface area contributed by atoms with Gasteiger partial charge in [0.15, 0.2) is 0 Å². The van der Waals surface area contributed by atoms with Gasteiger partial charge < -0.3 is 0 Å². The lowest BCUT2D eigenvalue weighted by molar-refractivity contribution is -0.446. The summed E-state index contributed by atoms with van der Waals surface area (Å²) in [6.07, 6.45) is -8.74. The molecule has 1 N–H and O–H groups in total. The third-order valence-electron chi connectivity index (χ3n) is 5.39. The highest BCUT2D eigenvalue weighted by atomic mass is 32.2. The first-order valence-corrected chi connectivity index (χ1v) is 11.0. The largest absolute Gasteiger partial charge is 0.384 e. The van der Waals surface area contributed by atoms with Crippen LogP contribution in [0, 0.1) is 0 Å². The van der Waals surface area contributed by atoms with E-state index in [2.05, 4.69) is 0 Å². The van der Waals surface area contributed by atoms with Gasteiger partial charge in [0.1, 0.15) is 4.90 Å². The fourth-order valence-corrected chi connectivity index (χ4v) is 3.95. The minimum Gasteiger partial charge on any atom is -0.282 e. The van der Waals surface area contributed by atoms with Crippen LogP contribution in [0.2, 0.25) is 0 Å². The van der Waals surface area contributed by atoms with E-state index in [4.69, 9.17) is 4.55 Å². The van der Waals surface area contributed by atoms with Gasteiger partial charge in [0.05, 0.1) is 0 Å². The molecule has 20 heteroatoms. The molecule has 3 nitrogen and oxygen atoms in total. The summed E-state index contributed by atoms with van der Waals surface area (Å²) in [5, 5.41) is -1.53. The van der Waals surface area contributed by atoms with Crippen LogP contribution in [0.1, 0.15) is 5.56 Å². The molecule has 0 amide bonds. The smallest absolute Gasteiger partial charge is 0.282 e. The second-order valence-electron chi connectivity index (χ2n) is 7.92. The highest BCUT2D eigenvalue weighted by Crippen LogP contribution is 2.63. The Morgan fingerprint density at radius 1 is 0.615 bits per heavy atom. The van der Waals surface area contributed by atoms with Crippen molar-refractivity contribution in [1.82, 2.24) is 0 Å². The Bertz CT molecular complexity index is 1340. The summed E-state index contributed by atoms with van der Waals surface area (Å²) < 4.78 is 248. The lowest BCUT2D eigenvalue weighted by Crippen LogP contribution is -2.73. The maximum atomic E-state index is 14.4. The average Bonchev–Trinajstić information content (AvgIpc) is 2.77. The topological polar surface area (TPSA) is 54.4 Å². The number of alkyl halides is 16. The van der Waals surface area contributed by atoms with Crippen LogP contribution in [0.3, 0.4) is 0 Å². The van der Waals surface area contributed by atoms with Gasteiger partial charge in [-0.1, -0.05) is 30.3 Å². The monoisotopic (exact) mass is 622 g/mol. The Morgan fingerprint density at radius 2 is 1.03 bits per heavy atom. The van der Waals surface area contributed by atoms with Crippen molar-refractivity contribution in [3.8, 4) is 0 Å². The maximum absolute atomic E-state index is 14.4. The molecule has 0 aromatic heterocycles. The van der Waals surface area contributed by atoms with E-state index in [1.54, 1.807) is 0 Å². The highest BCUT2D eigenvalue weighted by Gasteiger charge is 2.93. The Morgan fingerprint density at radius 3 is 1.49 bits per heavy atom. The Balaban J connectivity index is 2.66. The molecule has 0 saturated heterocycles. The molecule has 0 aliphatic rings. The summed E-state index contributed by atoms with van der Waals surface area (Å²) in [7, 11) is -5.13. The van der Waals surface area contributed by atoms with Gasteiger partial charge in [0.25, 0.3) is 10.1 Å². The molecule has 222 valence electrons. The fourth-order valence-electron chi connectivity index (χ4n) is 3.24. The molecule has 0 bridgehead atoms. The van der Waals surface area contributed by atoms with Crippen molar-refractivity contribution in [3.05, 3.63) is 42.0 Å². The van der Waals surface area contributed by atoms with Crippen molar-refractivity contribution in [3.63, 3.8) is 0 Å². The molecule has 2 aromatic carbocycles. The predicted molar refractivity (Wildman–Crippen MR) is 98.1 cm³/mol. The number of fused-ring (bicyclic) bond motifs is 1. The molecular weight excluding hydrogens is 612 g/mol. The Labute approximate surface area is 206 Å². The first kappa shape index (κ1) is 32.7. The van der Waals surface area contributed by atoms with Crippen LogP contribution < -0.4 is 0 Å². The van der Waals surface area contributed by atoms with Gasteiger partial charge in [0.2, 0.25) is 0 Å². The van der Waals surface area contributed by atoms with Crippen molar-refractivity contribution in [2.45, 2.75) is 59.2 Å². The number of halogens is 16. The fraction of sp³-hybridized carbons (Fsp3) is 0.474. The minimum atomic E-state index is -8.51. The molecule has 0 aliphatic carbocycles. The summed E-state index contributed by atoms with van der Waals surface area (Å²) in [5.74, 6) is -55.4.